The Hall–Kier alpha value is -2.92. The number of carbonyl (C=O) groups excluding carboxylic acids is 1. The van der Waals surface area contributed by atoms with Gasteiger partial charge in [0.15, 0.2) is 5.82 Å². The highest BCUT2D eigenvalue weighted by molar-refractivity contribution is 5.98. The lowest BCUT2D eigenvalue weighted by molar-refractivity contribution is 0.100. The molecule has 0 spiro atoms. The lowest BCUT2D eigenvalue weighted by Crippen LogP contribution is -2.40. The Bertz CT molecular complexity index is 909. The normalized spacial score (nSPS) is 18.4. The molecular formula is C21H27FN6O. The minimum Gasteiger partial charge on any atom is -0.365 e. The molecule has 3 N–H and O–H groups in total. The van der Waals surface area contributed by atoms with Gasteiger partial charge in [-0.25, -0.2) is 4.39 Å². The van der Waals surface area contributed by atoms with Gasteiger partial charge in [-0.3, -0.25) is 14.4 Å². The fourth-order valence-electron chi connectivity index (χ4n) is 3.78. The van der Waals surface area contributed by atoms with Crippen LogP contribution < -0.4 is 11.1 Å². The van der Waals surface area contributed by atoms with Crippen molar-refractivity contribution in [1.82, 2.24) is 14.7 Å². The highest BCUT2D eigenvalue weighted by Gasteiger charge is 2.36. The van der Waals surface area contributed by atoms with Crippen LogP contribution in [0.5, 0.6) is 0 Å². The number of anilines is 2. The van der Waals surface area contributed by atoms with Gasteiger partial charge in [-0.1, -0.05) is 0 Å². The highest BCUT2D eigenvalue weighted by Crippen LogP contribution is 2.34. The van der Waals surface area contributed by atoms with E-state index in [1.807, 2.05) is 0 Å². The number of rotatable bonds is 6. The summed E-state index contributed by atoms with van der Waals surface area (Å²) in [5, 5.41) is 17.0. The Morgan fingerprint density at radius 2 is 2.10 bits per heavy atom. The van der Waals surface area contributed by atoms with Gasteiger partial charge < -0.3 is 11.1 Å². The number of likely N-dealkylation sites (tertiary alicyclic amines) is 1. The van der Waals surface area contributed by atoms with Crippen molar-refractivity contribution >= 4 is 17.4 Å². The molecule has 1 aliphatic heterocycles. The van der Waals surface area contributed by atoms with E-state index in [1.54, 1.807) is 23.0 Å². The fourth-order valence-corrected chi connectivity index (χ4v) is 3.78. The predicted octanol–water partition coefficient (Wildman–Crippen LogP) is 3.44. The maximum Gasteiger partial charge on any atom is 0.254 e. The molecule has 29 heavy (non-hydrogen) atoms. The molecule has 2 heterocycles. The van der Waals surface area contributed by atoms with Crippen LogP contribution in [-0.4, -0.2) is 39.2 Å². The molecule has 2 aromatic rings. The number of nitriles is 1. The zero-order chi connectivity index (χ0) is 21.2. The van der Waals surface area contributed by atoms with Crippen LogP contribution in [0.3, 0.4) is 0 Å². The number of nitrogens with two attached hydrogens (primary N) is 1. The molecule has 0 bridgehead atoms. The van der Waals surface area contributed by atoms with Crippen molar-refractivity contribution in [2.75, 3.05) is 18.4 Å². The molecular weight excluding hydrogens is 371 g/mol. The summed E-state index contributed by atoms with van der Waals surface area (Å²) >= 11 is 0. The summed E-state index contributed by atoms with van der Waals surface area (Å²) in [5.41, 5.74) is 6.44. The van der Waals surface area contributed by atoms with Crippen LogP contribution in [0.25, 0.3) is 0 Å². The van der Waals surface area contributed by atoms with Gasteiger partial charge in [0.25, 0.3) is 5.91 Å². The van der Waals surface area contributed by atoms with Crippen molar-refractivity contribution in [3.63, 3.8) is 0 Å². The molecule has 1 fully saturated rings. The number of hydrogen-bond donors (Lipinski definition) is 2. The topological polar surface area (TPSA) is 100.0 Å². The number of hydrogen-bond acceptors (Lipinski definition) is 5. The molecule has 2 atom stereocenters. The van der Waals surface area contributed by atoms with E-state index in [2.05, 4.69) is 42.2 Å². The van der Waals surface area contributed by atoms with Crippen LogP contribution in [0.2, 0.25) is 0 Å². The summed E-state index contributed by atoms with van der Waals surface area (Å²) in [6, 6.07) is 7.86. The van der Waals surface area contributed by atoms with Crippen LogP contribution in [0.1, 0.15) is 50.0 Å². The van der Waals surface area contributed by atoms with E-state index in [-0.39, 0.29) is 28.9 Å². The standard InChI is InChI=1S/C21H27FN6O/c1-21(2,3)27-11-9-14(12-27)18(8-10-23)28-13-17(19(24)29)20(26-28)25-16-6-4-15(22)5-7-16/h4-7,13-14,18H,8-9,11-12H2,1-3H3,(H2,24,29)(H,25,26). The van der Waals surface area contributed by atoms with Gasteiger partial charge in [0, 0.05) is 24.0 Å². The first-order valence-electron chi connectivity index (χ1n) is 9.72. The van der Waals surface area contributed by atoms with E-state index in [0.717, 1.165) is 19.5 Å². The molecule has 154 valence electrons. The summed E-state index contributed by atoms with van der Waals surface area (Å²) in [7, 11) is 0. The number of primary amides is 1. The Kier molecular flexibility index (Phi) is 5.89. The smallest absolute Gasteiger partial charge is 0.254 e. The first-order valence-corrected chi connectivity index (χ1v) is 9.72. The van der Waals surface area contributed by atoms with Crippen molar-refractivity contribution in [3.8, 4) is 6.07 Å². The Morgan fingerprint density at radius 3 is 2.66 bits per heavy atom. The maximum absolute atomic E-state index is 13.2. The number of amides is 1. The molecule has 1 aromatic heterocycles. The minimum absolute atomic E-state index is 0.0593. The molecule has 0 saturated carbocycles. The quantitative estimate of drug-likeness (QED) is 0.776. The minimum atomic E-state index is -0.612. The summed E-state index contributed by atoms with van der Waals surface area (Å²) in [4.78, 5) is 14.4. The monoisotopic (exact) mass is 398 g/mol. The van der Waals surface area contributed by atoms with Gasteiger partial charge in [-0.15, -0.1) is 0 Å². The summed E-state index contributed by atoms with van der Waals surface area (Å²) in [6.45, 7) is 8.36. The van der Waals surface area contributed by atoms with E-state index in [4.69, 9.17) is 5.73 Å². The van der Waals surface area contributed by atoms with Crippen molar-refractivity contribution in [3.05, 3.63) is 41.8 Å². The van der Waals surface area contributed by atoms with Crippen LogP contribution in [-0.2, 0) is 0 Å². The number of nitrogens with one attached hydrogen (secondary N) is 1. The second-order valence-electron chi connectivity index (χ2n) is 8.46. The Labute approximate surface area is 170 Å². The van der Waals surface area contributed by atoms with E-state index in [0.29, 0.717) is 17.9 Å². The van der Waals surface area contributed by atoms with Gasteiger partial charge in [0.2, 0.25) is 0 Å². The Balaban J connectivity index is 1.88. The zero-order valence-electron chi connectivity index (χ0n) is 17.0. The van der Waals surface area contributed by atoms with Crippen molar-refractivity contribution in [1.29, 1.82) is 5.26 Å². The van der Waals surface area contributed by atoms with Gasteiger partial charge in [0.1, 0.15) is 11.4 Å². The first-order chi connectivity index (χ1) is 13.7. The molecule has 3 rings (SSSR count). The molecule has 0 aliphatic carbocycles. The Morgan fingerprint density at radius 1 is 1.41 bits per heavy atom. The molecule has 1 saturated heterocycles. The molecule has 1 amide bonds. The van der Waals surface area contributed by atoms with E-state index in [9.17, 15) is 14.4 Å². The van der Waals surface area contributed by atoms with Crippen LogP contribution in [0.15, 0.2) is 30.5 Å². The number of halogens is 1. The number of nitrogens with zero attached hydrogens (tertiary/aromatic N) is 4. The fraction of sp³-hybridized carbons (Fsp3) is 0.476. The average Bonchev–Trinajstić information content (AvgIpc) is 3.29. The third kappa shape index (κ3) is 4.74. The molecule has 1 aromatic carbocycles. The largest absolute Gasteiger partial charge is 0.365 e. The van der Waals surface area contributed by atoms with Gasteiger partial charge in [-0.05, 0) is 63.9 Å². The second-order valence-corrected chi connectivity index (χ2v) is 8.46. The lowest BCUT2D eigenvalue weighted by atomic mass is 9.96. The van der Waals surface area contributed by atoms with Crippen LogP contribution >= 0.6 is 0 Å². The van der Waals surface area contributed by atoms with E-state index in [1.165, 1.54) is 12.1 Å². The number of carbonyl (C=O) groups is 1. The summed E-state index contributed by atoms with van der Waals surface area (Å²) in [6.07, 6.45) is 2.85. The third-order valence-electron chi connectivity index (χ3n) is 5.46. The van der Waals surface area contributed by atoms with Crippen molar-refractivity contribution in [2.24, 2.45) is 11.7 Å². The van der Waals surface area contributed by atoms with Crippen LogP contribution in [0.4, 0.5) is 15.9 Å². The average molecular weight is 398 g/mol. The van der Waals surface area contributed by atoms with E-state index >= 15 is 0 Å². The number of aromatic nitrogens is 2. The van der Waals surface area contributed by atoms with Crippen molar-refractivity contribution < 1.29 is 9.18 Å². The van der Waals surface area contributed by atoms with Crippen LogP contribution in [0, 0.1) is 23.1 Å². The summed E-state index contributed by atoms with van der Waals surface area (Å²) < 4.78 is 14.8. The highest BCUT2D eigenvalue weighted by atomic mass is 19.1. The molecule has 7 nitrogen and oxygen atoms in total. The molecule has 0 radical (unpaired) electrons. The SMILES string of the molecule is CC(C)(C)N1CCC(C(CC#N)n2cc(C(N)=O)c(Nc3ccc(F)cc3)n2)C1. The lowest BCUT2D eigenvalue weighted by Gasteiger charge is -2.32. The molecule has 1 aliphatic rings. The number of benzene rings is 1. The van der Waals surface area contributed by atoms with E-state index < -0.39 is 5.91 Å². The molecule has 2 unspecified atom stereocenters. The maximum atomic E-state index is 13.2. The first kappa shape index (κ1) is 20.8. The third-order valence-corrected chi connectivity index (χ3v) is 5.46. The van der Waals surface area contributed by atoms with Gasteiger partial charge in [0.05, 0.1) is 18.5 Å². The second kappa shape index (κ2) is 8.21. The zero-order valence-corrected chi connectivity index (χ0v) is 17.0. The van der Waals surface area contributed by atoms with Crippen molar-refractivity contribution in [2.45, 2.75) is 45.2 Å². The van der Waals surface area contributed by atoms with Gasteiger partial charge in [-0.2, -0.15) is 10.4 Å². The summed E-state index contributed by atoms with van der Waals surface area (Å²) in [5.74, 6) is -0.417. The molecule has 8 heteroatoms. The van der Waals surface area contributed by atoms with Gasteiger partial charge >= 0.3 is 0 Å². The predicted molar refractivity (Wildman–Crippen MR) is 109 cm³/mol.